The first-order valence-corrected chi connectivity index (χ1v) is 13.8. The van der Waals surface area contributed by atoms with Crippen molar-refractivity contribution in [1.29, 1.82) is 0 Å². The Kier molecular flexibility index (Phi) is 6.63. The van der Waals surface area contributed by atoms with Crippen LogP contribution in [0, 0.1) is 12.7 Å². The lowest BCUT2D eigenvalue weighted by molar-refractivity contribution is 0.0965. The summed E-state index contributed by atoms with van der Waals surface area (Å²) in [6.07, 6.45) is 4.34. The third kappa shape index (κ3) is 4.65. The zero-order chi connectivity index (χ0) is 28.0. The van der Waals surface area contributed by atoms with Crippen LogP contribution in [0.4, 0.5) is 4.39 Å². The summed E-state index contributed by atoms with van der Waals surface area (Å²) in [5.41, 5.74) is 5.32. The topological polar surface area (TPSA) is 60.2 Å². The Bertz CT molecular complexity index is 1770. The predicted molar refractivity (Wildman–Crippen MR) is 156 cm³/mol. The van der Waals surface area contributed by atoms with E-state index in [-0.39, 0.29) is 29.2 Å². The molecule has 6 heteroatoms. The summed E-state index contributed by atoms with van der Waals surface area (Å²) in [4.78, 5) is 31.2. The van der Waals surface area contributed by atoms with Gasteiger partial charge in [-0.05, 0) is 91.6 Å². The minimum Gasteiger partial charge on any atom is -0.455 e. The molecule has 2 heterocycles. The second-order valence-corrected chi connectivity index (χ2v) is 11.0. The molecule has 0 bridgehead atoms. The fourth-order valence-corrected chi connectivity index (χ4v) is 5.80. The van der Waals surface area contributed by atoms with Crippen molar-refractivity contribution in [2.75, 3.05) is 0 Å². The number of benzene rings is 3. The molecule has 1 aliphatic carbocycles. The van der Waals surface area contributed by atoms with Gasteiger partial charge in [0.1, 0.15) is 17.2 Å². The summed E-state index contributed by atoms with van der Waals surface area (Å²) in [5.74, 6) is 0.0281. The third-order valence-electron chi connectivity index (χ3n) is 7.88. The molecule has 4 nitrogen and oxygen atoms in total. The van der Waals surface area contributed by atoms with Gasteiger partial charge in [0, 0.05) is 57.2 Å². The van der Waals surface area contributed by atoms with Crippen molar-refractivity contribution in [3.8, 4) is 22.5 Å². The molecular weight excluding hydrogens is 525 g/mol. The number of pyridine rings is 1. The Hall–Kier alpha value is -4.09. The maximum atomic E-state index is 13.6. The second-order valence-electron chi connectivity index (χ2n) is 10.5. The molecule has 0 spiro atoms. The number of furan rings is 1. The number of aromatic nitrogens is 1. The smallest absolute Gasteiger partial charge is 0.167 e. The maximum absolute atomic E-state index is 13.6. The SMILES string of the molecule is CCC(=O)c1c(-c2ccc(F)cc2)oc2ccc(-c3cc(C(=O)CC4(c5ccccn5)CC4)c(C)cc3Cl)cc12. The van der Waals surface area contributed by atoms with Gasteiger partial charge in [-0.25, -0.2) is 4.39 Å². The Morgan fingerprint density at radius 1 is 0.975 bits per heavy atom. The fourth-order valence-electron chi connectivity index (χ4n) is 5.47. The normalized spacial score (nSPS) is 13.9. The molecule has 3 aromatic carbocycles. The highest BCUT2D eigenvalue weighted by Crippen LogP contribution is 2.51. The first kappa shape index (κ1) is 26.1. The molecule has 0 N–H and O–H groups in total. The van der Waals surface area contributed by atoms with Crippen LogP contribution in [0.25, 0.3) is 33.4 Å². The number of ketones is 2. The lowest BCUT2D eigenvalue weighted by Crippen LogP contribution is -2.16. The van der Waals surface area contributed by atoms with Crippen LogP contribution in [-0.4, -0.2) is 16.6 Å². The number of hydrogen-bond donors (Lipinski definition) is 0. The van der Waals surface area contributed by atoms with E-state index in [4.69, 9.17) is 16.0 Å². The molecule has 1 fully saturated rings. The Labute approximate surface area is 236 Å². The highest BCUT2D eigenvalue weighted by Gasteiger charge is 2.47. The first-order chi connectivity index (χ1) is 19.3. The van der Waals surface area contributed by atoms with Gasteiger partial charge in [0.2, 0.25) is 0 Å². The van der Waals surface area contributed by atoms with E-state index in [0.29, 0.717) is 50.4 Å². The van der Waals surface area contributed by atoms with Gasteiger partial charge in [-0.2, -0.15) is 0 Å². The molecule has 0 atom stereocenters. The van der Waals surface area contributed by atoms with Crippen molar-refractivity contribution in [2.24, 2.45) is 0 Å². The van der Waals surface area contributed by atoms with Crippen LogP contribution in [0.15, 0.2) is 83.4 Å². The number of halogens is 2. The molecule has 0 unspecified atom stereocenters. The van der Waals surface area contributed by atoms with Crippen LogP contribution >= 0.6 is 11.6 Å². The van der Waals surface area contributed by atoms with Gasteiger partial charge in [-0.15, -0.1) is 0 Å². The zero-order valence-corrected chi connectivity index (χ0v) is 23.0. The van der Waals surface area contributed by atoms with Crippen molar-refractivity contribution in [3.63, 3.8) is 0 Å². The van der Waals surface area contributed by atoms with E-state index in [9.17, 15) is 14.0 Å². The molecule has 1 aliphatic rings. The Morgan fingerprint density at radius 2 is 1.73 bits per heavy atom. The zero-order valence-electron chi connectivity index (χ0n) is 22.3. The number of carbonyl (C=O) groups is 2. The van der Waals surface area contributed by atoms with Crippen LogP contribution < -0.4 is 0 Å². The van der Waals surface area contributed by atoms with E-state index in [1.54, 1.807) is 25.3 Å². The summed E-state index contributed by atoms with van der Waals surface area (Å²) in [7, 11) is 0. The molecule has 0 radical (unpaired) electrons. The van der Waals surface area contributed by atoms with Crippen molar-refractivity contribution >= 4 is 34.1 Å². The van der Waals surface area contributed by atoms with Crippen LogP contribution in [0.2, 0.25) is 5.02 Å². The lowest BCUT2D eigenvalue weighted by Gasteiger charge is -2.16. The number of nitrogens with zero attached hydrogens (tertiary/aromatic N) is 1. The lowest BCUT2D eigenvalue weighted by atomic mass is 9.89. The van der Waals surface area contributed by atoms with Gasteiger partial charge >= 0.3 is 0 Å². The van der Waals surface area contributed by atoms with Gasteiger partial charge in [0.25, 0.3) is 0 Å². The number of carbonyl (C=O) groups excluding carboxylic acids is 2. The third-order valence-corrected chi connectivity index (χ3v) is 8.19. The van der Waals surface area contributed by atoms with E-state index >= 15 is 0 Å². The summed E-state index contributed by atoms with van der Waals surface area (Å²) >= 11 is 6.73. The molecule has 200 valence electrons. The van der Waals surface area contributed by atoms with E-state index < -0.39 is 0 Å². The Morgan fingerprint density at radius 3 is 2.40 bits per heavy atom. The first-order valence-electron chi connectivity index (χ1n) is 13.4. The molecule has 1 saturated carbocycles. The van der Waals surface area contributed by atoms with Gasteiger partial charge < -0.3 is 4.42 Å². The van der Waals surface area contributed by atoms with E-state index in [2.05, 4.69) is 4.98 Å². The van der Waals surface area contributed by atoms with Crippen LogP contribution in [0.5, 0.6) is 0 Å². The number of hydrogen-bond acceptors (Lipinski definition) is 4. The highest BCUT2D eigenvalue weighted by molar-refractivity contribution is 6.33. The largest absolute Gasteiger partial charge is 0.455 e. The summed E-state index contributed by atoms with van der Waals surface area (Å²) in [5, 5.41) is 1.17. The quantitative estimate of drug-likeness (QED) is 0.180. The Balaban J connectivity index is 1.41. The van der Waals surface area contributed by atoms with E-state index in [1.807, 2.05) is 55.5 Å². The van der Waals surface area contributed by atoms with E-state index in [1.165, 1.54) is 12.1 Å². The molecule has 2 aromatic heterocycles. The standard InChI is InChI=1S/C34H27ClFNO3/c1-3-28(38)32-26-17-22(9-12-30(26)40-33(32)21-7-10-23(36)11-8-21)25-18-24(20(2)16-27(25)35)29(39)19-34(13-14-34)31-6-4-5-15-37-31/h4-12,15-18H,3,13-14,19H2,1-2H3. The molecule has 40 heavy (non-hydrogen) atoms. The number of aryl methyl sites for hydroxylation is 1. The molecule has 6 rings (SSSR count). The van der Waals surface area contributed by atoms with Crippen molar-refractivity contribution in [2.45, 2.75) is 44.9 Å². The maximum Gasteiger partial charge on any atom is 0.167 e. The number of rotatable bonds is 8. The van der Waals surface area contributed by atoms with Crippen LogP contribution in [0.1, 0.15) is 64.6 Å². The molecule has 0 saturated heterocycles. The summed E-state index contributed by atoms with van der Waals surface area (Å²) < 4.78 is 19.7. The fraction of sp³-hybridized carbons (Fsp3) is 0.206. The number of Topliss-reactive ketones (excluding diaryl/α,β-unsaturated/α-hetero) is 2. The summed E-state index contributed by atoms with van der Waals surface area (Å²) in [6.45, 7) is 3.70. The average Bonchev–Trinajstić information content (AvgIpc) is 3.64. The molecule has 5 aromatic rings. The number of fused-ring (bicyclic) bond motifs is 1. The minimum atomic E-state index is -0.363. The van der Waals surface area contributed by atoms with Gasteiger partial charge in [0.15, 0.2) is 11.6 Å². The van der Waals surface area contributed by atoms with Crippen LogP contribution in [-0.2, 0) is 5.41 Å². The average molecular weight is 552 g/mol. The minimum absolute atomic E-state index is 0.0587. The van der Waals surface area contributed by atoms with Gasteiger partial charge in [0.05, 0.1) is 5.56 Å². The highest BCUT2D eigenvalue weighted by atomic mass is 35.5. The van der Waals surface area contributed by atoms with Crippen molar-refractivity contribution in [3.05, 3.63) is 112 Å². The van der Waals surface area contributed by atoms with Crippen LogP contribution in [0.3, 0.4) is 0 Å². The molecule has 0 amide bonds. The van der Waals surface area contributed by atoms with Crippen molar-refractivity contribution < 1.29 is 18.4 Å². The van der Waals surface area contributed by atoms with Gasteiger partial charge in [-0.1, -0.05) is 30.7 Å². The predicted octanol–water partition coefficient (Wildman–Crippen LogP) is 9.16. The molecular formula is C34H27ClFNO3. The monoisotopic (exact) mass is 551 g/mol. The molecule has 0 aliphatic heterocycles. The van der Waals surface area contributed by atoms with E-state index in [0.717, 1.165) is 29.7 Å². The van der Waals surface area contributed by atoms with Gasteiger partial charge in [-0.3, -0.25) is 14.6 Å². The van der Waals surface area contributed by atoms with Crippen molar-refractivity contribution in [1.82, 2.24) is 4.98 Å². The summed E-state index contributed by atoms with van der Waals surface area (Å²) in [6, 6.07) is 21.0. The second kappa shape index (κ2) is 10.1.